The van der Waals surface area contributed by atoms with Gasteiger partial charge in [-0.2, -0.15) is 0 Å². The molecule has 4 rings (SSSR count). The summed E-state index contributed by atoms with van der Waals surface area (Å²) in [4.78, 5) is 29.1. The number of hydrogen-bond acceptors (Lipinski definition) is 4. The van der Waals surface area contributed by atoms with E-state index in [-0.39, 0.29) is 23.4 Å². The molecule has 0 saturated carbocycles. The van der Waals surface area contributed by atoms with Gasteiger partial charge in [-0.1, -0.05) is 42.5 Å². The van der Waals surface area contributed by atoms with Crippen LogP contribution in [-0.4, -0.2) is 22.3 Å². The van der Waals surface area contributed by atoms with E-state index in [0.717, 1.165) is 23.5 Å². The van der Waals surface area contributed by atoms with Crippen LogP contribution in [0.15, 0.2) is 47.8 Å². The van der Waals surface area contributed by atoms with Crippen molar-refractivity contribution in [2.24, 2.45) is 0 Å². The summed E-state index contributed by atoms with van der Waals surface area (Å²) in [5, 5.41) is 11.5. The number of carbonyl (C=O) groups excluding carboxylic acids is 2. The smallest absolute Gasteiger partial charge is 0.220 e. The first-order chi connectivity index (χ1) is 14.4. The third-order valence-corrected chi connectivity index (χ3v) is 6.95. The summed E-state index contributed by atoms with van der Waals surface area (Å²) in [5.41, 5.74) is 1.79. The number of thiazole rings is 1. The lowest BCUT2D eigenvalue weighted by Crippen LogP contribution is -2.44. The van der Waals surface area contributed by atoms with Crippen molar-refractivity contribution in [3.8, 4) is 0 Å². The molecule has 1 fully saturated rings. The Kier molecular flexibility index (Phi) is 5.86. The van der Waals surface area contributed by atoms with Gasteiger partial charge in [0, 0.05) is 29.5 Å². The molecule has 0 radical (unpaired) electrons. The number of hydrogen-bond donors (Lipinski definition) is 2. The molecule has 2 aromatic carbocycles. The summed E-state index contributed by atoms with van der Waals surface area (Å²) in [7, 11) is 0. The van der Waals surface area contributed by atoms with Gasteiger partial charge in [-0.15, -0.1) is 11.3 Å². The van der Waals surface area contributed by atoms with Gasteiger partial charge in [-0.25, -0.2) is 4.98 Å². The summed E-state index contributed by atoms with van der Waals surface area (Å²) in [5.74, 6) is 0.0669. The van der Waals surface area contributed by atoms with Crippen LogP contribution in [0.3, 0.4) is 0 Å². The van der Waals surface area contributed by atoms with Crippen LogP contribution in [0.1, 0.15) is 54.9 Å². The van der Waals surface area contributed by atoms with Crippen LogP contribution in [0.5, 0.6) is 0 Å². The molecule has 0 bridgehead atoms. The largest absolute Gasteiger partial charge is 0.350 e. The maximum atomic E-state index is 12.6. The predicted octanol–water partition coefficient (Wildman–Crippen LogP) is 4.45. The summed E-state index contributed by atoms with van der Waals surface area (Å²) in [6.07, 6.45) is 3.01. The van der Waals surface area contributed by atoms with Gasteiger partial charge < -0.3 is 10.6 Å². The van der Waals surface area contributed by atoms with Gasteiger partial charge >= 0.3 is 0 Å². The second-order valence-corrected chi connectivity index (χ2v) is 9.19. The fraction of sp³-hybridized carbons (Fsp3) is 0.375. The molecule has 2 atom stereocenters. The SMILES string of the molecule is Cc1csc([C@@H](C)NC(=O)CC[C@]2(Cc3ccc4ccccc4c3)CCC(=O)N2)n1. The molecule has 2 amide bonds. The van der Waals surface area contributed by atoms with Gasteiger partial charge in [-0.3, -0.25) is 9.59 Å². The molecular formula is C24H27N3O2S. The zero-order valence-electron chi connectivity index (χ0n) is 17.4. The normalized spacial score (nSPS) is 19.6. The van der Waals surface area contributed by atoms with E-state index in [1.165, 1.54) is 16.3 Å². The van der Waals surface area contributed by atoms with Crippen LogP contribution >= 0.6 is 11.3 Å². The van der Waals surface area contributed by atoms with Crippen LogP contribution in [0.25, 0.3) is 10.8 Å². The number of nitrogens with one attached hydrogen (secondary N) is 2. The molecule has 1 saturated heterocycles. The van der Waals surface area contributed by atoms with E-state index in [2.05, 4.69) is 45.9 Å². The second kappa shape index (κ2) is 8.56. The van der Waals surface area contributed by atoms with Gasteiger partial charge in [0.25, 0.3) is 0 Å². The van der Waals surface area contributed by atoms with Crippen molar-refractivity contribution >= 4 is 33.9 Å². The zero-order chi connectivity index (χ0) is 21.1. The third-order valence-electron chi connectivity index (χ3n) is 5.81. The van der Waals surface area contributed by atoms with Gasteiger partial charge in [0.15, 0.2) is 0 Å². The fourth-order valence-electron chi connectivity index (χ4n) is 4.22. The highest BCUT2D eigenvalue weighted by Crippen LogP contribution is 2.31. The lowest BCUT2D eigenvalue weighted by atomic mass is 9.84. The molecule has 0 aliphatic carbocycles. The van der Waals surface area contributed by atoms with E-state index < -0.39 is 0 Å². The van der Waals surface area contributed by atoms with Crippen LogP contribution < -0.4 is 10.6 Å². The number of rotatable bonds is 7. The van der Waals surface area contributed by atoms with Crippen molar-refractivity contribution in [3.63, 3.8) is 0 Å². The lowest BCUT2D eigenvalue weighted by Gasteiger charge is -2.29. The average molecular weight is 422 g/mol. The summed E-state index contributed by atoms with van der Waals surface area (Å²) in [6.45, 7) is 3.91. The maximum absolute atomic E-state index is 12.6. The Hall–Kier alpha value is -2.73. The lowest BCUT2D eigenvalue weighted by molar-refractivity contribution is -0.123. The topological polar surface area (TPSA) is 71.1 Å². The molecular weight excluding hydrogens is 394 g/mol. The van der Waals surface area contributed by atoms with Gasteiger partial charge in [0.1, 0.15) is 5.01 Å². The van der Waals surface area contributed by atoms with Crippen molar-refractivity contribution in [1.29, 1.82) is 0 Å². The van der Waals surface area contributed by atoms with E-state index in [0.29, 0.717) is 19.3 Å². The first-order valence-electron chi connectivity index (χ1n) is 10.4. The summed E-state index contributed by atoms with van der Waals surface area (Å²) in [6, 6.07) is 14.6. The Bertz CT molecular complexity index is 1080. The molecule has 2 N–H and O–H groups in total. The van der Waals surface area contributed by atoms with Crippen LogP contribution in [0.2, 0.25) is 0 Å². The van der Waals surface area contributed by atoms with Crippen LogP contribution in [-0.2, 0) is 16.0 Å². The molecule has 1 aliphatic rings. The number of benzene rings is 2. The average Bonchev–Trinajstić information content (AvgIpc) is 3.32. The number of carbonyl (C=O) groups is 2. The fourth-order valence-corrected chi connectivity index (χ4v) is 5.02. The third kappa shape index (κ3) is 4.70. The Balaban J connectivity index is 1.42. The highest BCUT2D eigenvalue weighted by molar-refractivity contribution is 7.09. The minimum Gasteiger partial charge on any atom is -0.350 e. The number of nitrogens with zero attached hydrogens (tertiary/aromatic N) is 1. The van der Waals surface area contributed by atoms with Crippen molar-refractivity contribution in [2.75, 3.05) is 0 Å². The molecule has 1 aliphatic heterocycles. The summed E-state index contributed by atoms with van der Waals surface area (Å²) >= 11 is 1.56. The number of amides is 2. The standard InChI is InChI=1S/C24H27N3O2S/c1-16-15-30-23(25-16)17(2)26-21(28)9-11-24(12-10-22(29)27-24)14-18-7-8-19-5-3-4-6-20(19)13-18/h3-8,13,15,17H,9-12,14H2,1-2H3,(H,26,28)(H,27,29)/t17-,24-/m1/s1. The molecule has 6 heteroatoms. The quantitative estimate of drug-likeness (QED) is 0.592. The highest BCUT2D eigenvalue weighted by Gasteiger charge is 2.38. The zero-order valence-corrected chi connectivity index (χ0v) is 18.2. The number of aryl methyl sites for hydroxylation is 1. The van der Waals surface area contributed by atoms with E-state index in [1.807, 2.05) is 31.4 Å². The molecule has 0 unspecified atom stereocenters. The Morgan fingerprint density at radius 2 is 2.07 bits per heavy atom. The van der Waals surface area contributed by atoms with E-state index >= 15 is 0 Å². The molecule has 2 heterocycles. The molecule has 1 aromatic heterocycles. The van der Waals surface area contributed by atoms with Crippen molar-refractivity contribution in [2.45, 2.75) is 57.5 Å². The van der Waals surface area contributed by atoms with Crippen molar-refractivity contribution in [1.82, 2.24) is 15.6 Å². The van der Waals surface area contributed by atoms with Gasteiger partial charge in [0.05, 0.1) is 6.04 Å². The first-order valence-corrected chi connectivity index (χ1v) is 11.3. The van der Waals surface area contributed by atoms with Crippen LogP contribution in [0.4, 0.5) is 0 Å². The van der Waals surface area contributed by atoms with Crippen LogP contribution in [0, 0.1) is 6.92 Å². The number of fused-ring (bicyclic) bond motifs is 1. The van der Waals surface area contributed by atoms with Crippen molar-refractivity contribution < 1.29 is 9.59 Å². The maximum Gasteiger partial charge on any atom is 0.220 e. The molecule has 30 heavy (non-hydrogen) atoms. The highest BCUT2D eigenvalue weighted by atomic mass is 32.1. The Morgan fingerprint density at radius 3 is 2.77 bits per heavy atom. The van der Waals surface area contributed by atoms with Crippen molar-refractivity contribution in [3.05, 3.63) is 64.1 Å². The second-order valence-electron chi connectivity index (χ2n) is 8.30. The molecule has 0 spiro atoms. The van der Waals surface area contributed by atoms with E-state index in [4.69, 9.17) is 0 Å². The monoisotopic (exact) mass is 421 g/mol. The van der Waals surface area contributed by atoms with Gasteiger partial charge in [0.2, 0.25) is 11.8 Å². The Labute approximate surface area is 180 Å². The minimum absolute atomic E-state index is 0.00520. The Morgan fingerprint density at radius 1 is 1.27 bits per heavy atom. The van der Waals surface area contributed by atoms with Gasteiger partial charge in [-0.05, 0) is 49.4 Å². The molecule has 156 valence electrons. The molecule has 3 aromatic rings. The summed E-state index contributed by atoms with van der Waals surface area (Å²) < 4.78 is 0. The van der Waals surface area contributed by atoms with E-state index in [9.17, 15) is 9.59 Å². The molecule has 5 nitrogen and oxygen atoms in total. The number of aromatic nitrogens is 1. The minimum atomic E-state index is -0.363. The van der Waals surface area contributed by atoms with E-state index in [1.54, 1.807) is 11.3 Å². The first kappa shape index (κ1) is 20.5. The predicted molar refractivity (Wildman–Crippen MR) is 120 cm³/mol.